The van der Waals surface area contributed by atoms with Gasteiger partial charge >= 0.3 is 5.97 Å². The van der Waals surface area contributed by atoms with Gasteiger partial charge in [0.25, 0.3) is 0 Å². The minimum Gasteiger partial charge on any atom is -0.478 e. The van der Waals surface area contributed by atoms with Crippen molar-refractivity contribution in [2.24, 2.45) is 10.4 Å². The van der Waals surface area contributed by atoms with E-state index < -0.39 is 5.97 Å². The summed E-state index contributed by atoms with van der Waals surface area (Å²) >= 11 is 0. The fraction of sp³-hybridized carbons (Fsp3) is 0.400. The number of benzene rings is 1. The van der Waals surface area contributed by atoms with Crippen LogP contribution in [0.15, 0.2) is 29.3 Å². The Morgan fingerprint density at radius 1 is 1.33 bits per heavy atom. The number of carboxylic acids is 1. The van der Waals surface area contributed by atoms with E-state index in [4.69, 9.17) is 10.4 Å². The van der Waals surface area contributed by atoms with Crippen molar-refractivity contribution in [3.05, 3.63) is 29.8 Å². The maximum atomic E-state index is 10.8. The summed E-state index contributed by atoms with van der Waals surface area (Å²) in [5, 5.41) is 23.1. The summed E-state index contributed by atoms with van der Waals surface area (Å²) in [7, 11) is 0. The molecule has 21 heavy (non-hydrogen) atoms. The van der Waals surface area contributed by atoms with E-state index in [9.17, 15) is 4.79 Å². The van der Waals surface area contributed by atoms with Crippen LogP contribution in [0.4, 0.5) is 5.69 Å². The zero-order valence-corrected chi connectivity index (χ0v) is 12.6. The van der Waals surface area contributed by atoms with Gasteiger partial charge in [0.05, 0.1) is 11.6 Å². The largest absolute Gasteiger partial charge is 0.478 e. The predicted molar refractivity (Wildman–Crippen MR) is 82.1 cm³/mol. The number of nitrogens with zero attached hydrogens (tertiary/aromatic N) is 2. The number of rotatable bonds is 3. The van der Waals surface area contributed by atoms with E-state index in [-0.39, 0.29) is 17.0 Å². The van der Waals surface area contributed by atoms with Crippen LogP contribution in [0.5, 0.6) is 0 Å². The Balaban J connectivity index is 2.91. The van der Waals surface area contributed by atoms with E-state index in [2.05, 4.69) is 36.4 Å². The molecule has 1 aromatic carbocycles. The molecule has 0 aliphatic rings. The van der Waals surface area contributed by atoms with Crippen LogP contribution in [-0.2, 0) is 0 Å². The molecule has 112 valence electrons. The van der Waals surface area contributed by atoms with Crippen LogP contribution < -0.4 is 10.6 Å². The van der Waals surface area contributed by atoms with E-state index in [0.29, 0.717) is 11.6 Å². The molecule has 0 aromatic heterocycles. The van der Waals surface area contributed by atoms with Gasteiger partial charge in [-0.1, -0.05) is 20.8 Å². The van der Waals surface area contributed by atoms with Crippen molar-refractivity contribution >= 4 is 17.6 Å². The average molecular weight is 288 g/mol. The minimum absolute atomic E-state index is 0.000794. The monoisotopic (exact) mass is 288 g/mol. The van der Waals surface area contributed by atoms with Crippen molar-refractivity contribution in [1.82, 2.24) is 5.32 Å². The topological polar surface area (TPSA) is 97.5 Å². The highest BCUT2D eigenvalue weighted by Crippen LogP contribution is 2.21. The van der Waals surface area contributed by atoms with Crippen molar-refractivity contribution in [3.63, 3.8) is 0 Å². The van der Waals surface area contributed by atoms with Gasteiger partial charge in [0.1, 0.15) is 0 Å². The third-order valence-electron chi connectivity index (χ3n) is 3.14. The van der Waals surface area contributed by atoms with Crippen molar-refractivity contribution in [2.45, 2.75) is 33.7 Å². The van der Waals surface area contributed by atoms with Crippen LogP contribution >= 0.6 is 0 Å². The van der Waals surface area contributed by atoms with Gasteiger partial charge in [-0.3, -0.25) is 5.32 Å². The Kier molecular flexibility index (Phi) is 5.30. The lowest BCUT2D eigenvalue weighted by Gasteiger charge is -2.24. The lowest BCUT2D eigenvalue weighted by Crippen LogP contribution is -2.31. The van der Waals surface area contributed by atoms with Crippen molar-refractivity contribution in [1.29, 1.82) is 5.26 Å². The smallest absolute Gasteiger partial charge is 0.335 e. The summed E-state index contributed by atoms with van der Waals surface area (Å²) in [6.45, 7) is 8.15. The summed E-state index contributed by atoms with van der Waals surface area (Å²) in [5.41, 5.74) is 0.829. The molecule has 0 saturated carbocycles. The number of carbonyl (C=O) groups is 1. The second-order valence-electron chi connectivity index (χ2n) is 5.76. The third-order valence-corrected chi connectivity index (χ3v) is 3.14. The fourth-order valence-electron chi connectivity index (χ4n) is 1.37. The lowest BCUT2D eigenvalue weighted by molar-refractivity contribution is 0.0697. The van der Waals surface area contributed by atoms with Gasteiger partial charge in [-0.15, -0.1) is 0 Å². The fourth-order valence-corrected chi connectivity index (χ4v) is 1.37. The molecule has 1 unspecified atom stereocenters. The summed E-state index contributed by atoms with van der Waals surface area (Å²) in [6, 6.07) is 6.22. The first-order chi connectivity index (χ1) is 9.74. The highest BCUT2D eigenvalue weighted by molar-refractivity contribution is 5.95. The molecule has 0 aliphatic carbocycles. The van der Waals surface area contributed by atoms with Crippen LogP contribution in [0, 0.1) is 16.9 Å². The Labute approximate surface area is 124 Å². The van der Waals surface area contributed by atoms with Gasteiger partial charge in [0, 0.05) is 5.69 Å². The van der Waals surface area contributed by atoms with Crippen LogP contribution in [-0.4, -0.2) is 23.1 Å². The molecule has 0 radical (unpaired) electrons. The van der Waals surface area contributed by atoms with E-state index in [1.807, 2.05) is 13.1 Å². The second kappa shape index (κ2) is 6.75. The standard InChI is InChI=1S/C15H20N4O2/c1-10(15(2,3)4)18-14(17-9-16)19-12-7-5-11(6-8-12)13(20)21/h5-8,10H,1-4H3,(H,20,21)(H2,17,18,19). The molecular weight excluding hydrogens is 268 g/mol. The third kappa shape index (κ3) is 5.15. The molecule has 6 nitrogen and oxygen atoms in total. The lowest BCUT2D eigenvalue weighted by atomic mass is 9.88. The molecule has 0 aliphatic heterocycles. The maximum Gasteiger partial charge on any atom is 0.335 e. The number of aliphatic imine (C=N–C) groups is 1. The summed E-state index contributed by atoms with van der Waals surface area (Å²) in [4.78, 5) is 15.2. The quantitative estimate of drug-likeness (QED) is 0.344. The molecule has 1 atom stereocenters. The Morgan fingerprint density at radius 2 is 1.90 bits per heavy atom. The zero-order chi connectivity index (χ0) is 16.0. The Morgan fingerprint density at radius 3 is 2.33 bits per heavy atom. The first kappa shape index (κ1) is 16.5. The number of nitrogens with one attached hydrogen (secondary N) is 2. The van der Waals surface area contributed by atoms with Crippen LogP contribution in [0.1, 0.15) is 38.1 Å². The highest BCUT2D eigenvalue weighted by Gasteiger charge is 2.20. The maximum absolute atomic E-state index is 10.8. The van der Waals surface area contributed by atoms with Gasteiger partial charge in [-0.2, -0.15) is 5.26 Å². The molecule has 0 heterocycles. The Bertz CT molecular complexity index is 565. The van der Waals surface area contributed by atoms with E-state index in [1.165, 1.54) is 12.1 Å². The Hall–Kier alpha value is -2.55. The van der Waals surface area contributed by atoms with Gasteiger partial charge in [-0.05, 0) is 36.6 Å². The average Bonchev–Trinajstić information content (AvgIpc) is 2.38. The van der Waals surface area contributed by atoms with Crippen molar-refractivity contribution in [3.8, 4) is 6.19 Å². The zero-order valence-electron chi connectivity index (χ0n) is 12.6. The number of hydrogen-bond donors (Lipinski definition) is 3. The number of hydrogen-bond acceptors (Lipinski definition) is 3. The molecular formula is C15H20N4O2. The van der Waals surface area contributed by atoms with Gasteiger partial charge in [-0.25, -0.2) is 9.79 Å². The summed E-state index contributed by atoms with van der Waals surface area (Å²) in [6.07, 6.45) is 1.84. The molecule has 1 aromatic rings. The van der Waals surface area contributed by atoms with Crippen LogP contribution in [0.3, 0.4) is 0 Å². The number of anilines is 1. The minimum atomic E-state index is -0.980. The molecule has 1 rings (SSSR count). The van der Waals surface area contributed by atoms with Gasteiger partial charge in [0.2, 0.25) is 5.96 Å². The van der Waals surface area contributed by atoms with E-state index in [0.717, 1.165) is 0 Å². The highest BCUT2D eigenvalue weighted by atomic mass is 16.4. The number of carboxylic acid groups (broad SMARTS) is 1. The van der Waals surface area contributed by atoms with Crippen molar-refractivity contribution < 1.29 is 9.90 Å². The number of guanidine groups is 1. The molecule has 0 amide bonds. The first-order valence-corrected chi connectivity index (χ1v) is 6.57. The number of nitriles is 1. The summed E-state index contributed by atoms with van der Waals surface area (Å²) < 4.78 is 0. The normalized spacial score (nSPS) is 13.2. The SMILES string of the molecule is CC(N=C(NC#N)Nc1ccc(C(=O)O)cc1)C(C)(C)C. The van der Waals surface area contributed by atoms with E-state index in [1.54, 1.807) is 12.1 Å². The van der Waals surface area contributed by atoms with Gasteiger partial charge < -0.3 is 10.4 Å². The van der Waals surface area contributed by atoms with E-state index >= 15 is 0 Å². The molecule has 0 bridgehead atoms. The van der Waals surface area contributed by atoms with Crippen LogP contribution in [0.2, 0.25) is 0 Å². The predicted octanol–water partition coefficient (Wildman–Crippen LogP) is 2.66. The van der Waals surface area contributed by atoms with Crippen LogP contribution in [0.25, 0.3) is 0 Å². The molecule has 0 saturated heterocycles. The van der Waals surface area contributed by atoms with Gasteiger partial charge in [0.15, 0.2) is 6.19 Å². The molecule has 0 spiro atoms. The number of aromatic carboxylic acids is 1. The van der Waals surface area contributed by atoms with Crippen molar-refractivity contribution in [2.75, 3.05) is 5.32 Å². The molecule has 0 fully saturated rings. The molecule has 3 N–H and O–H groups in total. The molecule has 6 heteroatoms. The summed E-state index contributed by atoms with van der Waals surface area (Å²) in [5.74, 6) is -0.644. The second-order valence-corrected chi connectivity index (χ2v) is 5.76. The first-order valence-electron chi connectivity index (χ1n) is 6.57.